The zero-order valence-electron chi connectivity index (χ0n) is 11.4. The van der Waals surface area contributed by atoms with Gasteiger partial charge >= 0.3 is 0 Å². The van der Waals surface area contributed by atoms with E-state index in [9.17, 15) is 9.18 Å². The molecule has 1 aromatic carbocycles. The summed E-state index contributed by atoms with van der Waals surface area (Å²) in [7, 11) is 1.39. The Morgan fingerprint density at radius 1 is 1.50 bits per heavy atom. The van der Waals surface area contributed by atoms with Crippen LogP contribution in [0.5, 0.6) is 5.75 Å². The van der Waals surface area contributed by atoms with Crippen LogP contribution in [-0.4, -0.2) is 23.2 Å². The lowest BCUT2D eigenvalue weighted by Gasteiger charge is -2.03. The molecule has 0 fully saturated rings. The molecular formula is C14H16FN3O2. The Morgan fingerprint density at radius 2 is 2.25 bits per heavy atom. The highest BCUT2D eigenvalue weighted by Gasteiger charge is 2.17. The van der Waals surface area contributed by atoms with Crippen LogP contribution in [0.15, 0.2) is 18.2 Å². The topological polar surface area (TPSA) is 70.1 Å². The van der Waals surface area contributed by atoms with Crippen LogP contribution in [0.25, 0.3) is 11.3 Å². The standard InChI is InChI=1S/C14H16FN3O2/c1-3-6-18-14(16)10(8-19)13(17-18)9-4-5-12(20-2)11(15)7-9/h4-5,7-8H,3,6,16H2,1-2H3. The molecule has 6 heteroatoms. The van der Waals surface area contributed by atoms with E-state index in [1.54, 1.807) is 10.7 Å². The summed E-state index contributed by atoms with van der Waals surface area (Å²) < 4.78 is 20.2. The van der Waals surface area contributed by atoms with Crippen molar-refractivity contribution in [1.29, 1.82) is 0 Å². The number of carbonyl (C=O) groups is 1. The maximum absolute atomic E-state index is 13.7. The average molecular weight is 277 g/mol. The van der Waals surface area contributed by atoms with Gasteiger partial charge < -0.3 is 10.5 Å². The van der Waals surface area contributed by atoms with Gasteiger partial charge in [0, 0.05) is 12.1 Å². The quantitative estimate of drug-likeness (QED) is 0.852. The Morgan fingerprint density at radius 3 is 2.80 bits per heavy atom. The third kappa shape index (κ3) is 2.36. The van der Waals surface area contributed by atoms with Gasteiger partial charge in [0.1, 0.15) is 11.5 Å². The molecule has 0 saturated heterocycles. The van der Waals surface area contributed by atoms with Crippen LogP contribution in [0.3, 0.4) is 0 Å². The lowest BCUT2D eigenvalue weighted by molar-refractivity contribution is 0.112. The van der Waals surface area contributed by atoms with Gasteiger partial charge in [-0.1, -0.05) is 6.92 Å². The summed E-state index contributed by atoms with van der Waals surface area (Å²) in [6.07, 6.45) is 1.48. The van der Waals surface area contributed by atoms with Crippen molar-refractivity contribution in [3.05, 3.63) is 29.6 Å². The van der Waals surface area contributed by atoms with Gasteiger partial charge in [-0.05, 0) is 24.6 Å². The molecule has 0 spiro atoms. The Bertz CT molecular complexity index is 638. The lowest BCUT2D eigenvalue weighted by Crippen LogP contribution is -2.04. The number of ether oxygens (including phenoxy) is 1. The second kappa shape index (κ2) is 5.73. The number of hydrogen-bond acceptors (Lipinski definition) is 4. The maximum atomic E-state index is 13.7. The fourth-order valence-electron chi connectivity index (χ4n) is 2.01. The second-order valence-corrected chi connectivity index (χ2v) is 4.34. The van der Waals surface area contributed by atoms with Crippen LogP contribution in [0.4, 0.5) is 10.2 Å². The molecule has 0 amide bonds. The largest absolute Gasteiger partial charge is 0.494 e. The molecule has 106 valence electrons. The average Bonchev–Trinajstić information content (AvgIpc) is 2.76. The first kappa shape index (κ1) is 14.0. The Kier molecular flexibility index (Phi) is 4.02. The smallest absolute Gasteiger partial charge is 0.165 e. The van der Waals surface area contributed by atoms with Gasteiger partial charge in [0.05, 0.1) is 12.7 Å². The van der Waals surface area contributed by atoms with E-state index in [2.05, 4.69) is 5.10 Å². The molecule has 0 aliphatic rings. The number of aldehydes is 1. The fraction of sp³-hybridized carbons (Fsp3) is 0.286. The van der Waals surface area contributed by atoms with Gasteiger partial charge in [0.2, 0.25) is 0 Å². The van der Waals surface area contributed by atoms with E-state index in [0.29, 0.717) is 29.9 Å². The minimum Gasteiger partial charge on any atom is -0.494 e. The molecule has 0 aliphatic heterocycles. The Hall–Kier alpha value is -2.37. The molecule has 1 aromatic heterocycles. The molecule has 0 bridgehead atoms. The number of halogens is 1. The summed E-state index contributed by atoms with van der Waals surface area (Å²) in [6.45, 7) is 2.58. The van der Waals surface area contributed by atoms with Gasteiger partial charge in [-0.2, -0.15) is 5.10 Å². The molecule has 0 saturated carbocycles. The number of benzene rings is 1. The first-order valence-electron chi connectivity index (χ1n) is 6.27. The van der Waals surface area contributed by atoms with Crippen molar-refractivity contribution in [3.63, 3.8) is 0 Å². The van der Waals surface area contributed by atoms with E-state index in [0.717, 1.165) is 6.42 Å². The van der Waals surface area contributed by atoms with Crippen molar-refractivity contribution in [2.24, 2.45) is 0 Å². The summed E-state index contributed by atoms with van der Waals surface area (Å²) in [4.78, 5) is 11.2. The monoisotopic (exact) mass is 277 g/mol. The number of nitrogens with zero attached hydrogens (tertiary/aromatic N) is 2. The van der Waals surface area contributed by atoms with E-state index >= 15 is 0 Å². The van der Waals surface area contributed by atoms with Crippen molar-refractivity contribution in [2.45, 2.75) is 19.9 Å². The summed E-state index contributed by atoms with van der Waals surface area (Å²) in [5.41, 5.74) is 7.04. The molecule has 1 heterocycles. The third-order valence-electron chi connectivity index (χ3n) is 3.01. The van der Waals surface area contributed by atoms with Crippen LogP contribution < -0.4 is 10.5 Å². The maximum Gasteiger partial charge on any atom is 0.165 e. The van der Waals surface area contributed by atoms with Crippen LogP contribution in [-0.2, 0) is 6.54 Å². The molecule has 5 nitrogen and oxygen atoms in total. The zero-order valence-corrected chi connectivity index (χ0v) is 11.4. The molecule has 0 atom stereocenters. The first-order valence-corrected chi connectivity index (χ1v) is 6.27. The van der Waals surface area contributed by atoms with Gasteiger partial charge in [-0.3, -0.25) is 4.79 Å². The van der Waals surface area contributed by atoms with Crippen molar-refractivity contribution in [1.82, 2.24) is 9.78 Å². The van der Waals surface area contributed by atoms with Gasteiger partial charge in [0.25, 0.3) is 0 Å². The molecule has 2 aromatic rings. The highest BCUT2D eigenvalue weighted by atomic mass is 19.1. The van der Waals surface area contributed by atoms with Crippen LogP contribution in [0, 0.1) is 5.82 Å². The third-order valence-corrected chi connectivity index (χ3v) is 3.01. The number of carbonyl (C=O) groups excluding carboxylic acids is 1. The van der Waals surface area contributed by atoms with Crippen molar-refractivity contribution >= 4 is 12.1 Å². The first-order chi connectivity index (χ1) is 9.62. The van der Waals surface area contributed by atoms with E-state index in [1.807, 2.05) is 6.92 Å². The number of nitrogen functional groups attached to an aromatic ring is 1. The number of methoxy groups -OCH3 is 1. The van der Waals surface area contributed by atoms with E-state index < -0.39 is 5.82 Å². The van der Waals surface area contributed by atoms with Crippen molar-refractivity contribution in [2.75, 3.05) is 12.8 Å². The summed E-state index contributed by atoms with van der Waals surface area (Å²) >= 11 is 0. The Balaban J connectivity index is 2.54. The molecule has 0 aliphatic carbocycles. The van der Waals surface area contributed by atoms with Crippen molar-refractivity contribution < 1.29 is 13.9 Å². The minimum absolute atomic E-state index is 0.141. The molecule has 0 unspecified atom stereocenters. The number of aromatic nitrogens is 2. The van der Waals surface area contributed by atoms with E-state index in [1.165, 1.54) is 19.2 Å². The number of aryl methyl sites for hydroxylation is 1. The number of anilines is 1. The van der Waals surface area contributed by atoms with Gasteiger partial charge in [-0.15, -0.1) is 0 Å². The number of rotatable bonds is 5. The zero-order chi connectivity index (χ0) is 14.7. The summed E-state index contributed by atoms with van der Waals surface area (Å²) in [5, 5.41) is 4.29. The SMILES string of the molecule is CCCn1nc(-c2ccc(OC)c(F)c2)c(C=O)c1N. The van der Waals surface area contributed by atoms with Crippen LogP contribution >= 0.6 is 0 Å². The lowest BCUT2D eigenvalue weighted by atomic mass is 10.1. The minimum atomic E-state index is -0.509. The molecule has 2 N–H and O–H groups in total. The normalized spacial score (nSPS) is 10.6. The van der Waals surface area contributed by atoms with Gasteiger partial charge in [0.15, 0.2) is 17.9 Å². The Labute approximate surface area is 116 Å². The fourth-order valence-corrected chi connectivity index (χ4v) is 2.01. The summed E-state index contributed by atoms with van der Waals surface area (Å²) in [5.74, 6) is -0.0686. The highest BCUT2D eigenvalue weighted by molar-refractivity contribution is 5.91. The molecule has 20 heavy (non-hydrogen) atoms. The predicted molar refractivity (Wildman–Crippen MR) is 74.3 cm³/mol. The van der Waals surface area contributed by atoms with E-state index in [-0.39, 0.29) is 11.3 Å². The van der Waals surface area contributed by atoms with Crippen LogP contribution in [0.2, 0.25) is 0 Å². The van der Waals surface area contributed by atoms with E-state index in [4.69, 9.17) is 10.5 Å². The molecule has 0 radical (unpaired) electrons. The number of hydrogen-bond donors (Lipinski definition) is 1. The summed E-state index contributed by atoms with van der Waals surface area (Å²) in [6, 6.07) is 4.42. The molecular weight excluding hydrogens is 261 g/mol. The molecule has 2 rings (SSSR count). The highest BCUT2D eigenvalue weighted by Crippen LogP contribution is 2.29. The second-order valence-electron chi connectivity index (χ2n) is 4.34. The number of nitrogens with two attached hydrogens (primary N) is 1. The van der Waals surface area contributed by atoms with Gasteiger partial charge in [-0.25, -0.2) is 9.07 Å². The predicted octanol–water partition coefficient (Wildman–Crippen LogP) is 2.50. The van der Waals surface area contributed by atoms with Crippen LogP contribution in [0.1, 0.15) is 23.7 Å². The van der Waals surface area contributed by atoms with Crippen molar-refractivity contribution in [3.8, 4) is 17.0 Å².